The van der Waals surface area contributed by atoms with Crippen LogP contribution in [0.15, 0.2) is 202 Å². The molecule has 0 aliphatic carbocycles. The molecule has 10 heteroatoms. The topological polar surface area (TPSA) is 104 Å². The Balaban J connectivity index is 1.13. The third kappa shape index (κ3) is 14.4. The van der Waals surface area contributed by atoms with Crippen LogP contribution in [0, 0.1) is 0 Å². The van der Waals surface area contributed by atoms with Crippen LogP contribution in [0.2, 0.25) is 0 Å². The van der Waals surface area contributed by atoms with E-state index in [1.807, 2.05) is 158 Å². The first kappa shape index (κ1) is 49.6. The second kappa shape index (κ2) is 25.7. The highest BCUT2D eigenvalue weighted by Gasteiger charge is 2.50. The third-order valence-corrected chi connectivity index (χ3v) is 11.9. The normalized spacial score (nSPS) is 18.0. The molecule has 1 aliphatic rings. The summed E-state index contributed by atoms with van der Waals surface area (Å²) in [5.74, 6) is 0.633. The van der Waals surface area contributed by atoms with Gasteiger partial charge in [-0.15, -0.1) is 0 Å². The van der Waals surface area contributed by atoms with Crippen LogP contribution in [0.5, 0.6) is 17.2 Å². The Morgan fingerprint density at radius 3 is 1.61 bits per heavy atom. The number of allylic oxidation sites excluding steroid dienone is 3. The van der Waals surface area contributed by atoms with Gasteiger partial charge in [0.15, 0.2) is 5.75 Å². The van der Waals surface area contributed by atoms with E-state index in [9.17, 15) is 4.79 Å². The van der Waals surface area contributed by atoms with Crippen molar-refractivity contribution in [3.8, 4) is 17.2 Å². The minimum Gasteiger partial charge on any atom is -0.484 e. The summed E-state index contributed by atoms with van der Waals surface area (Å²) in [5.41, 5.74) is 6.88. The zero-order valence-electron chi connectivity index (χ0n) is 40.2. The van der Waals surface area contributed by atoms with Crippen molar-refractivity contribution in [3.63, 3.8) is 0 Å². The minimum atomic E-state index is -1.04. The maximum Gasteiger partial charge on any atom is 0.383 e. The van der Waals surface area contributed by atoms with Gasteiger partial charge in [0, 0.05) is 6.07 Å². The van der Waals surface area contributed by atoms with Gasteiger partial charge in [-0.25, -0.2) is 4.79 Å². The Morgan fingerprint density at radius 1 is 0.543 bits per heavy atom. The number of benzene rings is 6. The molecule has 1 aromatic heterocycles. The summed E-state index contributed by atoms with van der Waals surface area (Å²) in [6, 6.07) is 54.9. The molecule has 1 saturated heterocycles. The van der Waals surface area contributed by atoms with Crippen LogP contribution in [0.3, 0.4) is 0 Å². The van der Waals surface area contributed by atoms with Gasteiger partial charge in [-0.3, -0.25) is 0 Å². The molecule has 2 heterocycles. The molecule has 1 aliphatic heterocycles. The van der Waals surface area contributed by atoms with Crippen LogP contribution < -0.4 is 19.8 Å². The highest BCUT2D eigenvalue weighted by molar-refractivity contribution is 5.86. The molecule has 0 bridgehead atoms. The average Bonchev–Trinajstić information content (AvgIpc) is 3.38. The lowest BCUT2D eigenvalue weighted by molar-refractivity contribution is -0.310. The van der Waals surface area contributed by atoms with Crippen LogP contribution in [0.1, 0.15) is 61.4 Å². The van der Waals surface area contributed by atoms with E-state index < -0.39 is 36.3 Å². The molecule has 0 spiro atoms. The lowest BCUT2D eigenvalue weighted by Crippen LogP contribution is -2.62. The second-order valence-corrected chi connectivity index (χ2v) is 17.6. The van der Waals surface area contributed by atoms with E-state index in [1.165, 1.54) is 5.57 Å². The molecule has 8 rings (SSSR count). The molecular weight excluding hydrogens is 881 g/mol. The van der Waals surface area contributed by atoms with Gasteiger partial charge in [0.1, 0.15) is 49.0 Å². The van der Waals surface area contributed by atoms with E-state index in [4.69, 9.17) is 42.3 Å². The zero-order valence-corrected chi connectivity index (χ0v) is 40.2. The molecular formula is C60H62O10. The maximum atomic E-state index is 13.9. The lowest BCUT2D eigenvalue weighted by atomic mass is 9.97. The molecule has 7 aromatic rings. The molecule has 70 heavy (non-hydrogen) atoms. The van der Waals surface area contributed by atoms with E-state index in [0.717, 1.165) is 46.2 Å². The quantitative estimate of drug-likeness (QED) is 0.0430. The summed E-state index contributed by atoms with van der Waals surface area (Å²) in [4.78, 5) is 13.9. The van der Waals surface area contributed by atoms with Crippen molar-refractivity contribution in [2.45, 2.75) is 97.4 Å². The number of hydrogen-bond donors (Lipinski definition) is 0. The van der Waals surface area contributed by atoms with Gasteiger partial charge in [-0.2, -0.15) is 0 Å². The number of fused-ring (bicyclic) bond motifs is 1. The van der Waals surface area contributed by atoms with Crippen LogP contribution in [0.25, 0.3) is 11.0 Å². The summed E-state index contributed by atoms with van der Waals surface area (Å²) in [6.45, 7) is 7.93. The number of hydrogen-bond acceptors (Lipinski definition) is 10. The predicted octanol–water partition coefficient (Wildman–Crippen LogP) is 12.5. The highest BCUT2D eigenvalue weighted by atomic mass is 16.7. The summed E-state index contributed by atoms with van der Waals surface area (Å²) >= 11 is 0. The smallest absolute Gasteiger partial charge is 0.383 e. The summed E-state index contributed by atoms with van der Waals surface area (Å²) < 4.78 is 59.4. The van der Waals surface area contributed by atoms with Gasteiger partial charge >= 0.3 is 5.63 Å². The van der Waals surface area contributed by atoms with E-state index in [-0.39, 0.29) is 50.1 Å². The van der Waals surface area contributed by atoms with Crippen molar-refractivity contribution >= 4 is 11.0 Å². The maximum absolute atomic E-state index is 13.9. The fourth-order valence-electron chi connectivity index (χ4n) is 8.14. The number of rotatable bonds is 24. The molecule has 10 nitrogen and oxygen atoms in total. The Morgan fingerprint density at radius 2 is 1.06 bits per heavy atom. The fraction of sp³-hybridized carbons (Fsp3) is 0.283. The van der Waals surface area contributed by atoms with E-state index in [2.05, 4.69) is 26.8 Å². The van der Waals surface area contributed by atoms with Crippen molar-refractivity contribution < 1.29 is 42.3 Å². The van der Waals surface area contributed by atoms with E-state index in [1.54, 1.807) is 18.2 Å². The van der Waals surface area contributed by atoms with E-state index in [0.29, 0.717) is 24.3 Å². The molecule has 0 saturated carbocycles. The standard InChI is InChI=1S/C60H62O10/c1-43(2)20-19-21-44(3)34-35-63-57-54(64-38-46-24-11-5-12-25-46)51-33-32-50(36-52(51)69-59(57)61)68-60-58(67-41-49-30-17-8-18-31-49)56(66-40-48-28-15-7-16-29-48)55(65-39-47-26-13-6-14-27-47)53(70-60)42-62-37-45-22-9-4-10-23-45/h4-18,20,22-34,36,53,55-56,58,60H,19,21,35,37-42H2,1-3H3/t53-,55-,56+,58+,60+/m1/s1. The molecule has 0 amide bonds. The third-order valence-electron chi connectivity index (χ3n) is 11.9. The summed E-state index contributed by atoms with van der Waals surface area (Å²) in [5, 5.41) is 0.536. The minimum absolute atomic E-state index is 0.00580. The molecule has 1 fully saturated rings. The predicted molar refractivity (Wildman–Crippen MR) is 272 cm³/mol. The Bertz CT molecular complexity index is 2770. The van der Waals surface area contributed by atoms with Gasteiger partial charge in [-0.1, -0.05) is 169 Å². The van der Waals surface area contributed by atoms with Crippen molar-refractivity contribution in [2.75, 3.05) is 13.2 Å². The van der Waals surface area contributed by atoms with Gasteiger partial charge < -0.3 is 42.3 Å². The van der Waals surface area contributed by atoms with Crippen LogP contribution in [0.4, 0.5) is 0 Å². The second-order valence-electron chi connectivity index (χ2n) is 17.6. The molecule has 5 atom stereocenters. The Labute approximate surface area is 411 Å². The largest absolute Gasteiger partial charge is 0.484 e. The van der Waals surface area contributed by atoms with Crippen molar-refractivity contribution in [1.29, 1.82) is 0 Å². The van der Waals surface area contributed by atoms with Gasteiger partial charge in [-0.05, 0) is 79.6 Å². The summed E-state index contributed by atoms with van der Waals surface area (Å²) in [6.07, 6.45) is 2.09. The van der Waals surface area contributed by atoms with Crippen LogP contribution in [-0.4, -0.2) is 43.9 Å². The molecule has 0 radical (unpaired) electrons. The van der Waals surface area contributed by atoms with Gasteiger partial charge in [0.05, 0.1) is 38.4 Å². The Hall–Kier alpha value is -6.79. The van der Waals surface area contributed by atoms with Crippen molar-refractivity contribution in [1.82, 2.24) is 0 Å². The average molecular weight is 943 g/mol. The molecule has 6 aromatic carbocycles. The highest BCUT2D eigenvalue weighted by Crippen LogP contribution is 2.37. The van der Waals surface area contributed by atoms with Gasteiger partial charge in [0.2, 0.25) is 12.0 Å². The zero-order chi connectivity index (χ0) is 48.3. The van der Waals surface area contributed by atoms with Crippen molar-refractivity contribution in [3.05, 3.63) is 231 Å². The first-order chi connectivity index (χ1) is 34.4. The van der Waals surface area contributed by atoms with Crippen molar-refractivity contribution in [2.24, 2.45) is 0 Å². The monoisotopic (exact) mass is 942 g/mol. The molecule has 362 valence electrons. The first-order valence-corrected chi connectivity index (χ1v) is 24.0. The lowest BCUT2D eigenvalue weighted by Gasteiger charge is -2.45. The van der Waals surface area contributed by atoms with E-state index >= 15 is 0 Å². The first-order valence-electron chi connectivity index (χ1n) is 24.0. The van der Waals surface area contributed by atoms with Crippen LogP contribution in [-0.2, 0) is 56.7 Å². The Kier molecular flexibility index (Phi) is 18.2. The SMILES string of the molecule is CC(C)=CCCC(C)=CCOc1c(OCc2ccccc2)c2ccc(O[C@H]3O[C@H](COCc4ccccc4)[C@@H](OCc4ccccc4)[C@H](OCc4ccccc4)[C@@H]3OCc3ccccc3)cc2oc1=O. The van der Waals surface area contributed by atoms with Crippen LogP contribution >= 0.6 is 0 Å². The summed E-state index contributed by atoms with van der Waals surface area (Å²) in [7, 11) is 0. The molecule has 0 N–H and O–H groups in total. The number of ether oxygens (including phenoxy) is 8. The fourth-order valence-corrected chi connectivity index (χ4v) is 8.14. The molecule has 0 unspecified atom stereocenters. The van der Waals surface area contributed by atoms with Gasteiger partial charge in [0.25, 0.3) is 0 Å².